The lowest BCUT2D eigenvalue weighted by atomic mass is 9.74. The molecule has 5 rings (SSSR count). The van der Waals surface area contributed by atoms with E-state index in [1.165, 1.54) is 0 Å². The van der Waals surface area contributed by atoms with Crippen molar-refractivity contribution in [3.05, 3.63) is 58.3 Å². The van der Waals surface area contributed by atoms with Gasteiger partial charge < -0.3 is 25.1 Å². The molecule has 3 aromatic rings. The summed E-state index contributed by atoms with van der Waals surface area (Å²) >= 11 is 6.56. The van der Waals surface area contributed by atoms with Crippen LogP contribution in [0, 0.1) is 0 Å². The molecular weight excluding hydrogens is 442 g/mol. The van der Waals surface area contributed by atoms with Gasteiger partial charge in [-0.15, -0.1) is 0 Å². The van der Waals surface area contributed by atoms with Gasteiger partial charge in [0.25, 0.3) is 5.91 Å². The Labute approximate surface area is 196 Å². The monoisotopic (exact) mass is 467 g/mol. The van der Waals surface area contributed by atoms with Crippen molar-refractivity contribution in [3.63, 3.8) is 0 Å². The van der Waals surface area contributed by atoms with Crippen LogP contribution in [-0.2, 0) is 12.0 Å². The lowest BCUT2D eigenvalue weighted by molar-refractivity contribution is 0.0928. The molecule has 8 heteroatoms. The first kappa shape index (κ1) is 21.6. The molecule has 2 heterocycles. The molecule has 0 radical (unpaired) electrons. The molecule has 33 heavy (non-hydrogen) atoms. The summed E-state index contributed by atoms with van der Waals surface area (Å²) in [6.07, 6.45) is 5.43. The van der Waals surface area contributed by atoms with Gasteiger partial charge in [-0.05, 0) is 49.1 Å². The highest BCUT2D eigenvalue weighted by Crippen LogP contribution is 2.48. The van der Waals surface area contributed by atoms with Crippen LogP contribution in [-0.4, -0.2) is 25.6 Å². The second kappa shape index (κ2) is 8.63. The maximum atomic E-state index is 12.9. The lowest BCUT2D eigenvalue weighted by Crippen LogP contribution is -2.52. The number of urea groups is 1. The summed E-state index contributed by atoms with van der Waals surface area (Å²) in [4.78, 5) is 25.2. The van der Waals surface area contributed by atoms with Gasteiger partial charge >= 0.3 is 6.03 Å². The van der Waals surface area contributed by atoms with Crippen molar-refractivity contribution in [2.75, 3.05) is 19.0 Å². The molecule has 1 aliphatic carbocycles. The minimum atomic E-state index is -0.531. The van der Waals surface area contributed by atoms with Crippen LogP contribution in [0.2, 0.25) is 5.02 Å². The Bertz CT molecular complexity index is 1230. The van der Waals surface area contributed by atoms with Crippen LogP contribution in [0.15, 0.2) is 40.8 Å². The van der Waals surface area contributed by atoms with Gasteiger partial charge in [-0.25, -0.2) is 4.79 Å². The summed E-state index contributed by atoms with van der Waals surface area (Å²) in [7, 11) is 1.63. The van der Waals surface area contributed by atoms with Crippen LogP contribution in [0.1, 0.15) is 53.8 Å². The molecular formula is C25H26ClN3O4. The number of hydrogen-bond acceptors (Lipinski definition) is 4. The predicted molar refractivity (Wildman–Crippen MR) is 127 cm³/mol. The van der Waals surface area contributed by atoms with Crippen LogP contribution in [0.5, 0.6) is 5.75 Å². The Morgan fingerprint density at radius 1 is 1.21 bits per heavy atom. The quantitative estimate of drug-likeness (QED) is 0.470. The second-order valence-electron chi connectivity index (χ2n) is 8.72. The number of benzene rings is 2. The molecule has 2 aromatic carbocycles. The Kier molecular flexibility index (Phi) is 5.66. The summed E-state index contributed by atoms with van der Waals surface area (Å²) in [5, 5.41) is 10.1. The highest BCUT2D eigenvalue weighted by molar-refractivity contribution is 6.35. The molecule has 0 bridgehead atoms. The molecule has 7 nitrogen and oxygen atoms in total. The standard InChI is InChI=1S/C25H26ClN3O4/c1-32-17-7-5-6-15(12-17)8-11-27-23(30)19-14-16-13-18(26)21-20(22(16)33-19)25(29-24(31)28-21)9-3-2-4-10-25/h5-7,12-14H,2-4,8-11H2,1H3,(H,27,30)(H2,28,29,31). The van der Waals surface area contributed by atoms with E-state index in [4.69, 9.17) is 20.8 Å². The zero-order valence-corrected chi connectivity index (χ0v) is 19.2. The third kappa shape index (κ3) is 4.02. The van der Waals surface area contributed by atoms with Crippen molar-refractivity contribution >= 4 is 40.2 Å². The van der Waals surface area contributed by atoms with E-state index in [0.717, 1.165) is 54.4 Å². The maximum absolute atomic E-state index is 12.9. The Morgan fingerprint density at radius 3 is 2.82 bits per heavy atom. The summed E-state index contributed by atoms with van der Waals surface area (Å²) in [6.45, 7) is 0.462. The number of anilines is 1. The molecule has 172 valence electrons. The molecule has 0 unspecified atom stereocenters. The van der Waals surface area contributed by atoms with E-state index in [9.17, 15) is 9.59 Å². The molecule has 1 aromatic heterocycles. The third-order valence-corrected chi connectivity index (χ3v) is 6.89. The molecule has 3 N–H and O–H groups in total. The van der Waals surface area contributed by atoms with Gasteiger partial charge in [0.1, 0.15) is 11.3 Å². The average molecular weight is 468 g/mol. The number of furan rings is 1. The van der Waals surface area contributed by atoms with Gasteiger partial charge in [-0.1, -0.05) is 43.0 Å². The van der Waals surface area contributed by atoms with Crippen molar-refractivity contribution in [3.8, 4) is 5.75 Å². The van der Waals surface area contributed by atoms with Gasteiger partial charge in [0.2, 0.25) is 0 Å². The van der Waals surface area contributed by atoms with Crippen molar-refractivity contribution in [2.45, 2.75) is 44.1 Å². The maximum Gasteiger partial charge on any atom is 0.319 e. The smallest absolute Gasteiger partial charge is 0.319 e. The number of carbonyl (C=O) groups is 2. The van der Waals surface area contributed by atoms with Crippen LogP contribution in [0.25, 0.3) is 11.0 Å². The van der Waals surface area contributed by atoms with E-state index in [1.807, 2.05) is 24.3 Å². The first-order valence-electron chi connectivity index (χ1n) is 11.3. The van der Waals surface area contributed by atoms with Crippen molar-refractivity contribution in [2.24, 2.45) is 0 Å². The molecule has 0 atom stereocenters. The number of halogens is 1. The van der Waals surface area contributed by atoms with Gasteiger partial charge in [0.15, 0.2) is 5.76 Å². The van der Waals surface area contributed by atoms with E-state index in [1.54, 1.807) is 19.2 Å². The Balaban J connectivity index is 1.42. The number of carbonyl (C=O) groups excluding carboxylic acids is 2. The van der Waals surface area contributed by atoms with E-state index in [-0.39, 0.29) is 17.7 Å². The van der Waals surface area contributed by atoms with E-state index in [2.05, 4.69) is 16.0 Å². The fourth-order valence-electron chi connectivity index (χ4n) is 5.03. The normalized spacial score (nSPS) is 16.7. The van der Waals surface area contributed by atoms with Crippen molar-refractivity contribution < 1.29 is 18.7 Å². The van der Waals surface area contributed by atoms with Crippen LogP contribution in [0.4, 0.5) is 10.5 Å². The highest BCUT2D eigenvalue weighted by atomic mass is 35.5. The largest absolute Gasteiger partial charge is 0.497 e. The molecule has 1 saturated carbocycles. The Morgan fingerprint density at radius 2 is 2.03 bits per heavy atom. The molecule has 3 amide bonds. The van der Waals surface area contributed by atoms with E-state index >= 15 is 0 Å². The summed E-state index contributed by atoms with van der Waals surface area (Å²) in [6, 6.07) is 11.0. The van der Waals surface area contributed by atoms with Gasteiger partial charge in [-0.2, -0.15) is 0 Å². The predicted octanol–water partition coefficient (Wildman–Crippen LogP) is 5.36. The molecule has 1 spiro atoms. The Hall–Kier alpha value is -3.19. The number of ether oxygens (including phenoxy) is 1. The third-order valence-electron chi connectivity index (χ3n) is 6.59. The fraction of sp³-hybridized carbons (Fsp3) is 0.360. The summed E-state index contributed by atoms with van der Waals surface area (Å²) in [5.41, 5.74) is 2.56. The highest BCUT2D eigenvalue weighted by Gasteiger charge is 2.43. The van der Waals surface area contributed by atoms with Crippen LogP contribution >= 0.6 is 11.6 Å². The average Bonchev–Trinajstić information content (AvgIpc) is 3.23. The summed E-state index contributed by atoms with van der Waals surface area (Å²) < 4.78 is 11.4. The van der Waals surface area contributed by atoms with Crippen LogP contribution < -0.4 is 20.7 Å². The second-order valence-corrected chi connectivity index (χ2v) is 9.12. The zero-order chi connectivity index (χ0) is 23.0. The summed E-state index contributed by atoms with van der Waals surface area (Å²) in [5.74, 6) is 0.725. The number of hydrogen-bond donors (Lipinski definition) is 3. The number of rotatable bonds is 5. The minimum absolute atomic E-state index is 0.225. The minimum Gasteiger partial charge on any atom is -0.497 e. The number of amides is 3. The lowest BCUT2D eigenvalue weighted by Gasteiger charge is -2.42. The fourth-order valence-corrected chi connectivity index (χ4v) is 5.29. The number of nitrogens with one attached hydrogen (secondary N) is 3. The molecule has 0 saturated heterocycles. The molecule has 1 fully saturated rings. The van der Waals surface area contributed by atoms with Gasteiger partial charge in [0.05, 0.1) is 23.4 Å². The number of fused-ring (bicyclic) bond motifs is 4. The van der Waals surface area contributed by atoms with Gasteiger partial charge in [-0.3, -0.25) is 4.79 Å². The first-order chi connectivity index (χ1) is 16.0. The molecule has 2 aliphatic rings. The first-order valence-corrected chi connectivity index (χ1v) is 11.6. The van der Waals surface area contributed by atoms with Crippen molar-refractivity contribution in [1.29, 1.82) is 0 Å². The van der Waals surface area contributed by atoms with Gasteiger partial charge in [0, 0.05) is 17.5 Å². The number of methoxy groups -OCH3 is 1. The SMILES string of the molecule is COc1cccc(CCNC(=O)c2cc3cc(Cl)c4c(c3o2)C2(CCCCC2)NC(=O)N4)c1. The van der Waals surface area contributed by atoms with Crippen LogP contribution in [0.3, 0.4) is 0 Å². The van der Waals surface area contributed by atoms with Crippen molar-refractivity contribution in [1.82, 2.24) is 10.6 Å². The zero-order valence-electron chi connectivity index (χ0n) is 18.4. The topological polar surface area (TPSA) is 92.6 Å². The molecule has 1 aliphatic heterocycles. The van der Waals surface area contributed by atoms with E-state index in [0.29, 0.717) is 29.3 Å². The van der Waals surface area contributed by atoms with E-state index < -0.39 is 5.54 Å².